The molecule has 0 saturated heterocycles. The highest BCUT2D eigenvalue weighted by Gasteiger charge is 2.76. The summed E-state index contributed by atoms with van der Waals surface area (Å²) >= 11 is 0. The van der Waals surface area contributed by atoms with Gasteiger partial charge in [0, 0.05) is 24.1 Å². The molecule has 2 N–H and O–H groups in total. The van der Waals surface area contributed by atoms with Crippen LogP contribution in [0.1, 0.15) is 26.2 Å². The number of nitrogens with zero attached hydrogens (tertiary/aromatic N) is 3. The van der Waals surface area contributed by atoms with Crippen LogP contribution in [0, 0.1) is 43.4 Å². The first-order chi connectivity index (χ1) is 17.4. The predicted octanol–water partition coefficient (Wildman–Crippen LogP) is 1.57. The summed E-state index contributed by atoms with van der Waals surface area (Å²) in [6, 6.07) is 2.96. The maximum absolute atomic E-state index is 13.2. The zero-order valence-corrected chi connectivity index (χ0v) is 20.5. The lowest BCUT2D eigenvalue weighted by Gasteiger charge is -2.47. The van der Waals surface area contributed by atoms with Crippen molar-refractivity contribution in [2.24, 2.45) is 28.3 Å². The summed E-state index contributed by atoms with van der Waals surface area (Å²) in [5.41, 5.74) is -2.30. The van der Waals surface area contributed by atoms with Crippen LogP contribution in [0.15, 0.2) is 23.3 Å². The summed E-state index contributed by atoms with van der Waals surface area (Å²) < 4.78 is 14.8. The molecule has 0 bridgehead atoms. The van der Waals surface area contributed by atoms with Gasteiger partial charge >= 0.3 is 23.6 Å². The first kappa shape index (κ1) is 27.4. The molecule has 2 aliphatic carbocycles. The Morgan fingerprint density at radius 1 is 1.08 bits per heavy atom. The van der Waals surface area contributed by atoms with E-state index in [4.69, 9.17) is 14.2 Å². The third-order valence-electron chi connectivity index (χ3n) is 7.44. The van der Waals surface area contributed by atoms with E-state index in [2.05, 4.69) is 10.5 Å². The lowest BCUT2D eigenvalue weighted by atomic mass is 9.59. The number of hydrogen-bond donors (Lipinski definition) is 2. The van der Waals surface area contributed by atoms with Crippen LogP contribution in [-0.2, 0) is 28.6 Å². The van der Waals surface area contributed by atoms with Crippen LogP contribution in [0.3, 0.4) is 0 Å². The van der Waals surface area contributed by atoms with Gasteiger partial charge in [0.05, 0.1) is 54.7 Å². The molecule has 1 aromatic rings. The van der Waals surface area contributed by atoms with Gasteiger partial charge in [-0.15, -0.1) is 0 Å². The normalized spacial score (nSPS) is 29.6. The Labute approximate surface area is 210 Å². The molecule has 2 saturated carbocycles. The number of aliphatic hydroxyl groups is 1. The van der Waals surface area contributed by atoms with E-state index in [0.717, 1.165) is 39.5 Å². The van der Waals surface area contributed by atoms with E-state index in [1.807, 2.05) is 0 Å². The first-order valence-electron chi connectivity index (χ1n) is 11.1. The number of rotatable bonds is 7. The number of fused-ring (bicyclic) bond motifs is 1. The van der Waals surface area contributed by atoms with Gasteiger partial charge in [0.15, 0.2) is 0 Å². The molecule has 0 unspecified atom stereocenters. The fourth-order valence-electron chi connectivity index (χ4n) is 5.65. The molecule has 15 heteroatoms. The maximum atomic E-state index is 13.2. The average molecular weight is 522 g/mol. The molecule has 2 fully saturated rings. The van der Waals surface area contributed by atoms with Crippen LogP contribution in [0.25, 0.3) is 0 Å². The van der Waals surface area contributed by atoms with E-state index in [0.29, 0.717) is 0 Å². The van der Waals surface area contributed by atoms with Crippen LogP contribution in [0.4, 0.5) is 17.1 Å². The van der Waals surface area contributed by atoms with Crippen molar-refractivity contribution in [1.29, 1.82) is 0 Å². The zero-order chi connectivity index (χ0) is 27.7. The highest BCUT2D eigenvalue weighted by atomic mass is 16.6. The Bertz CT molecular complexity index is 1190. The number of nitro groups is 2. The molecule has 0 heterocycles. The molecule has 37 heavy (non-hydrogen) atoms. The van der Waals surface area contributed by atoms with Crippen LogP contribution >= 0.6 is 0 Å². The minimum Gasteiger partial charge on any atom is -0.469 e. The van der Waals surface area contributed by atoms with Gasteiger partial charge in [0.2, 0.25) is 0 Å². The third-order valence-corrected chi connectivity index (χ3v) is 7.44. The predicted molar refractivity (Wildman–Crippen MR) is 124 cm³/mol. The zero-order valence-electron chi connectivity index (χ0n) is 20.5. The van der Waals surface area contributed by atoms with Crippen molar-refractivity contribution in [3.63, 3.8) is 0 Å². The number of carbonyl (C=O) groups excluding carboxylic acids is 3. The van der Waals surface area contributed by atoms with Crippen molar-refractivity contribution in [2.45, 2.75) is 31.8 Å². The Balaban J connectivity index is 2.05. The molecule has 0 radical (unpaired) electrons. The van der Waals surface area contributed by atoms with Gasteiger partial charge < -0.3 is 19.3 Å². The summed E-state index contributed by atoms with van der Waals surface area (Å²) in [5.74, 6) is -6.22. The monoisotopic (exact) mass is 522 g/mol. The molecule has 3 rings (SSSR count). The van der Waals surface area contributed by atoms with Crippen molar-refractivity contribution < 1.29 is 43.5 Å². The minimum atomic E-state index is -2.00. The quantitative estimate of drug-likeness (QED) is 0.226. The molecule has 0 amide bonds. The van der Waals surface area contributed by atoms with E-state index in [1.165, 1.54) is 6.92 Å². The number of ether oxygens (including phenoxy) is 3. The van der Waals surface area contributed by atoms with Gasteiger partial charge in [-0.1, -0.05) is 6.92 Å². The van der Waals surface area contributed by atoms with E-state index in [-0.39, 0.29) is 30.7 Å². The topological polar surface area (TPSA) is 210 Å². The molecule has 1 aromatic carbocycles. The van der Waals surface area contributed by atoms with E-state index in [9.17, 15) is 39.7 Å². The number of esters is 3. The van der Waals surface area contributed by atoms with Gasteiger partial charge in [-0.25, -0.2) is 0 Å². The lowest BCUT2D eigenvalue weighted by molar-refractivity contribution is -0.393. The largest absolute Gasteiger partial charge is 0.469 e. The van der Waals surface area contributed by atoms with Gasteiger partial charge in [-0.2, -0.15) is 5.10 Å². The molecule has 2 aliphatic rings. The first-order valence-corrected chi connectivity index (χ1v) is 11.1. The number of hydrazone groups is 1. The molecule has 15 nitrogen and oxygen atoms in total. The van der Waals surface area contributed by atoms with Crippen LogP contribution < -0.4 is 5.43 Å². The van der Waals surface area contributed by atoms with E-state index in [1.54, 1.807) is 0 Å². The summed E-state index contributed by atoms with van der Waals surface area (Å²) in [6.07, 6.45) is -0.409. The molecule has 5 atom stereocenters. The smallest absolute Gasteiger partial charge is 0.315 e. The van der Waals surface area contributed by atoms with Gasteiger partial charge in [-0.3, -0.25) is 40.0 Å². The second kappa shape index (κ2) is 10.1. The molecule has 0 spiro atoms. The number of carbonyl (C=O) groups is 3. The van der Waals surface area contributed by atoms with Crippen molar-refractivity contribution in [2.75, 3.05) is 26.8 Å². The molecular weight excluding hydrogens is 496 g/mol. The number of hydrogen-bond acceptors (Lipinski definition) is 13. The average Bonchev–Trinajstić information content (AvgIpc) is 3.09. The van der Waals surface area contributed by atoms with Crippen LogP contribution in [0.2, 0.25) is 0 Å². The second-order valence-corrected chi connectivity index (χ2v) is 8.91. The number of nitro benzene ring substituents is 2. The van der Waals surface area contributed by atoms with Crippen LogP contribution in [0.5, 0.6) is 0 Å². The van der Waals surface area contributed by atoms with Crippen LogP contribution in [-0.4, -0.2) is 65.5 Å². The fourth-order valence-corrected chi connectivity index (χ4v) is 5.65. The number of nitrogens with one attached hydrogen (secondary N) is 1. The number of methoxy groups -OCH3 is 3. The number of non-ortho nitro benzene ring substituents is 1. The van der Waals surface area contributed by atoms with Gasteiger partial charge in [-0.05, 0) is 18.9 Å². The van der Waals surface area contributed by atoms with E-state index >= 15 is 0 Å². The Morgan fingerprint density at radius 2 is 1.73 bits per heavy atom. The minimum absolute atomic E-state index is 0.0410. The number of benzene rings is 1. The Morgan fingerprint density at radius 3 is 2.27 bits per heavy atom. The van der Waals surface area contributed by atoms with Crippen molar-refractivity contribution in [3.8, 4) is 0 Å². The molecule has 0 aliphatic heterocycles. The van der Waals surface area contributed by atoms with Crippen molar-refractivity contribution in [3.05, 3.63) is 38.4 Å². The standard InChI is InChI=1S/C22H26N4O11/c1-11-16(18(27)35-2)17(19(28)36-3)21(20(29)37-4)8-7-12(10-22(11,21)30)23-24-14-6-5-13(25(31)32)9-15(14)26(33)34/h5-6,9,11,16-17,24,30H,7-8,10H2,1-4H3/b23-12-/t11-,16-,17-,21+,22+/m1/s1. The summed E-state index contributed by atoms with van der Waals surface area (Å²) in [4.78, 5) is 59.6. The molecular formula is C22H26N4O11. The summed E-state index contributed by atoms with van der Waals surface area (Å²) in [7, 11) is 3.31. The second-order valence-electron chi connectivity index (χ2n) is 8.91. The highest BCUT2D eigenvalue weighted by molar-refractivity contribution is 5.97. The molecule has 0 aromatic heterocycles. The van der Waals surface area contributed by atoms with Crippen molar-refractivity contribution >= 4 is 40.7 Å². The number of anilines is 1. The van der Waals surface area contributed by atoms with Gasteiger partial charge in [0.25, 0.3) is 5.69 Å². The Hall–Kier alpha value is -4.14. The van der Waals surface area contributed by atoms with Gasteiger partial charge in [0.1, 0.15) is 11.1 Å². The molecule has 200 valence electrons. The summed E-state index contributed by atoms with van der Waals surface area (Å²) in [6.45, 7) is 1.50. The lowest BCUT2D eigenvalue weighted by Crippen LogP contribution is -2.60. The SMILES string of the molecule is COC(=O)[C@@H]1[C@@H](C)[C@@]2(O)C/C(=N\Nc3ccc([N+](=O)[O-])cc3[N+](=O)[O-])CC[C@@]2(C(=O)OC)[C@H]1C(=O)OC. The fraction of sp³-hybridized carbons (Fsp3) is 0.545. The Kier molecular flexibility index (Phi) is 7.48. The van der Waals surface area contributed by atoms with E-state index < -0.39 is 67.9 Å². The highest BCUT2D eigenvalue weighted by Crippen LogP contribution is 2.63. The maximum Gasteiger partial charge on any atom is 0.315 e. The summed E-state index contributed by atoms with van der Waals surface area (Å²) in [5, 5.41) is 38.5. The van der Waals surface area contributed by atoms with Crippen molar-refractivity contribution in [1.82, 2.24) is 0 Å². The third kappa shape index (κ3) is 4.24.